The van der Waals surface area contributed by atoms with Gasteiger partial charge >= 0.3 is 5.97 Å². The Kier molecular flexibility index (Phi) is 5.83. The predicted molar refractivity (Wildman–Crippen MR) is 76.3 cm³/mol. The van der Waals surface area contributed by atoms with E-state index in [-0.39, 0.29) is 22.9 Å². The third-order valence-electron chi connectivity index (χ3n) is 2.91. The molecule has 1 rings (SSSR count). The number of carbonyl (C=O) groups is 2. The molecule has 21 heavy (non-hydrogen) atoms. The smallest absolute Gasteiger partial charge is 0.338 e. The van der Waals surface area contributed by atoms with Crippen molar-refractivity contribution < 1.29 is 19.2 Å². The molecule has 0 aliphatic heterocycles. The zero-order chi connectivity index (χ0) is 16.0. The zero-order valence-electron chi connectivity index (χ0n) is 12.2. The molecule has 0 aliphatic carbocycles. The van der Waals surface area contributed by atoms with Crippen molar-refractivity contribution in [2.75, 3.05) is 7.11 Å². The van der Waals surface area contributed by atoms with Crippen LogP contribution in [0.15, 0.2) is 18.2 Å². The third kappa shape index (κ3) is 4.55. The van der Waals surface area contributed by atoms with Crippen LogP contribution in [0.1, 0.15) is 47.4 Å². The van der Waals surface area contributed by atoms with E-state index in [1.165, 1.54) is 13.2 Å². The molecule has 0 unspecified atom stereocenters. The Labute approximate surface area is 122 Å². The summed E-state index contributed by atoms with van der Waals surface area (Å²) in [6.45, 7) is 3.84. The molecule has 1 amide bonds. The summed E-state index contributed by atoms with van der Waals surface area (Å²) in [5, 5.41) is 13.6. The Morgan fingerprint density at radius 1 is 1.33 bits per heavy atom. The topological polar surface area (TPSA) is 98.5 Å². The standard InChI is InChI=1S/C14H18N2O5/c1-4-5-9(2)15-13(17)10-6-11(14(18)21-3)8-12(7-10)16(19)20/h6-9H,4-5H2,1-3H3,(H,15,17)/t9-/m1/s1. The van der Waals surface area contributed by atoms with Gasteiger partial charge in [0.25, 0.3) is 11.6 Å². The van der Waals surface area contributed by atoms with Crippen LogP contribution in [0.25, 0.3) is 0 Å². The highest BCUT2D eigenvalue weighted by Crippen LogP contribution is 2.18. The quantitative estimate of drug-likeness (QED) is 0.493. The molecule has 1 N–H and O–H groups in total. The first-order chi connectivity index (χ1) is 9.88. The van der Waals surface area contributed by atoms with E-state index < -0.39 is 16.8 Å². The van der Waals surface area contributed by atoms with Gasteiger partial charge < -0.3 is 10.1 Å². The number of carbonyl (C=O) groups excluding carboxylic acids is 2. The van der Waals surface area contributed by atoms with Crippen molar-refractivity contribution >= 4 is 17.6 Å². The number of nitro groups is 1. The largest absolute Gasteiger partial charge is 0.465 e. The molecule has 1 aromatic rings. The van der Waals surface area contributed by atoms with Gasteiger partial charge in [-0.05, 0) is 19.4 Å². The van der Waals surface area contributed by atoms with Crippen LogP contribution in [0.4, 0.5) is 5.69 Å². The number of rotatable bonds is 6. The van der Waals surface area contributed by atoms with E-state index >= 15 is 0 Å². The van der Waals surface area contributed by atoms with Crippen LogP contribution in [0.2, 0.25) is 0 Å². The number of nitrogens with one attached hydrogen (secondary N) is 1. The van der Waals surface area contributed by atoms with E-state index in [4.69, 9.17) is 0 Å². The highest BCUT2D eigenvalue weighted by molar-refractivity contribution is 5.99. The van der Waals surface area contributed by atoms with Crippen molar-refractivity contribution in [3.63, 3.8) is 0 Å². The van der Waals surface area contributed by atoms with Crippen molar-refractivity contribution in [1.29, 1.82) is 0 Å². The number of nitrogens with zero attached hydrogens (tertiary/aromatic N) is 1. The molecule has 0 heterocycles. The lowest BCUT2D eigenvalue weighted by molar-refractivity contribution is -0.384. The monoisotopic (exact) mass is 294 g/mol. The molecule has 7 heteroatoms. The van der Waals surface area contributed by atoms with E-state index in [9.17, 15) is 19.7 Å². The molecule has 1 aromatic carbocycles. The SMILES string of the molecule is CCC[C@@H](C)NC(=O)c1cc(C(=O)OC)cc([N+](=O)[O-])c1. The molecule has 0 aromatic heterocycles. The second-order valence-electron chi connectivity index (χ2n) is 4.68. The van der Waals surface area contributed by atoms with E-state index in [0.29, 0.717) is 0 Å². The number of esters is 1. The van der Waals surface area contributed by atoms with Crippen LogP contribution in [0.3, 0.4) is 0 Å². The number of non-ortho nitro benzene ring substituents is 1. The minimum absolute atomic E-state index is 0.0278. The average molecular weight is 294 g/mol. The number of ether oxygens (including phenoxy) is 1. The van der Waals surface area contributed by atoms with Gasteiger partial charge in [0.05, 0.1) is 17.6 Å². The summed E-state index contributed by atoms with van der Waals surface area (Å²) in [6.07, 6.45) is 1.70. The summed E-state index contributed by atoms with van der Waals surface area (Å²) in [5.74, 6) is -1.18. The molecule has 0 saturated heterocycles. The van der Waals surface area contributed by atoms with Gasteiger partial charge in [0.15, 0.2) is 0 Å². The summed E-state index contributed by atoms with van der Waals surface area (Å²) < 4.78 is 4.53. The second kappa shape index (κ2) is 7.37. The first kappa shape index (κ1) is 16.6. The van der Waals surface area contributed by atoms with Gasteiger partial charge in [-0.15, -0.1) is 0 Å². The summed E-state index contributed by atoms with van der Waals surface area (Å²) in [5.41, 5.74) is -0.293. The number of hydrogen-bond acceptors (Lipinski definition) is 5. The number of methoxy groups -OCH3 is 1. The van der Waals surface area contributed by atoms with Crippen molar-refractivity contribution in [2.24, 2.45) is 0 Å². The van der Waals surface area contributed by atoms with Crippen molar-refractivity contribution in [3.8, 4) is 0 Å². The molecular weight excluding hydrogens is 276 g/mol. The van der Waals surface area contributed by atoms with E-state index in [1.807, 2.05) is 13.8 Å². The molecule has 0 radical (unpaired) electrons. The Hall–Kier alpha value is -2.44. The fraction of sp³-hybridized carbons (Fsp3) is 0.429. The van der Waals surface area contributed by atoms with Crippen LogP contribution < -0.4 is 5.32 Å². The summed E-state index contributed by atoms with van der Waals surface area (Å²) >= 11 is 0. The summed E-state index contributed by atoms with van der Waals surface area (Å²) in [7, 11) is 1.17. The molecule has 0 spiro atoms. The van der Waals surface area contributed by atoms with Gasteiger partial charge in [-0.3, -0.25) is 14.9 Å². The van der Waals surface area contributed by atoms with Gasteiger partial charge in [0.2, 0.25) is 0 Å². The van der Waals surface area contributed by atoms with Crippen LogP contribution >= 0.6 is 0 Å². The van der Waals surface area contributed by atoms with Crippen LogP contribution in [0, 0.1) is 10.1 Å². The van der Waals surface area contributed by atoms with Crippen LogP contribution in [-0.4, -0.2) is 30.0 Å². The van der Waals surface area contributed by atoms with E-state index in [0.717, 1.165) is 25.0 Å². The van der Waals surface area contributed by atoms with Crippen molar-refractivity contribution in [3.05, 3.63) is 39.4 Å². The third-order valence-corrected chi connectivity index (χ3v) is 2.91. The first-order valence-corrected chi connectivity index (χ1v) is 6.57. The molecule has 0 fully saturated rings. The number of benzene rings is 1. The lowest BCUT2D eigenvalue weighted by Gasteiger charge is -2.13. The molecule has 0 bridgehead atoms. The Morgan fingerprint density at radius 2 is 1.95 bits per heavy atom. The minimum Gasteiger partial charge on any atom is -0.465 e. The summed E-state index contributed by atoms with van der Waals surface area (Å²) in [6, 6.07) is 3.45. The summed E-state index contributed by atoms with van der Waals surface area (Å²) in [4.78, 5) is 33.8. The van der Waals surface area contributed by atoms with Crippen molar-refractivity contribution in [2.45, 2.75) is 32.7 Å². The Balaban J connectivity index is 3.10. The molecule has 0 saturated carbocycles. The van der Waals surface area contributed by atoms with Crippen LogP contribution in [-0.2, 0) is 4.74 Å². The average Bonchev–Trinajstić information content (AvgIpc) is 2.45. The minimum atomic E-state index is -0.727. The highest BCUT2D eigenvalue weighted by Gasteiger charge is 2.19. The maximum absolute atomic E-state index is 12.1. The van der Waals surface area contributed by atoms with E-state index in [1.54, 1.807) is 0 Å². The highest BCUT2D eigenvalue weighted by atomic mass is 16.6. The van der Waals surface area contributed by atoms with Crippen LogP contribution in [0.5, 0.6) is 0 Å². The van der Waals surface area contributed by atoms with E-state index in [2.05, 4.69) is 10.1 Å². The lowest BCUT2D eigenvalue weighted by atomic mass is 10.1. The number of nitro benzene ring substituents is 1. The molecule has 0 aliphatic rings. The molecular formula is C14H18N2O5. The van der Waals surface area contributed by atoms with Gasteiger partial charge in [-0.1, -0.05) is 13.3 Å². The molecule has 1 atom stereocenters. The Bertz CT molecular complexity index is 556. The zero-order valence-corrected chi connectivity index (χ0v) is 12.2. The first-order valence-electron chi connectivity index (χ1n) is 6.57. The maximum Gasteiger partial charge on any atom is 0.338 e. The fourth-order valence-corrected chi connectivity index (χ4v) is 1.90. The molecule has 7 nitrogen and oxygen atoms in total. The Morgan fingerprint density at radius 3 is 2.48 bits per heavy atom. The predicted octanol–water partition coefficient (Wildman–Crippen LogP) is 2.30. The number of amides is 1. The normalized spacial score (nSPS) is 11.6. The van der Waals surface area contributed by atoms with Gasteiger partial charge in [-0.2, -0.15) is 0 Å². The van der Waals surface area contributed by atoms with Gasteiger partial charge in [-0.25, -0.2) is 4.79 Å². The maximum atomic E-state index is 12.1. The second-order valence-corrected chi connectivity index (χ2v) is 4.68. The van der Waals surface area contributed by atoms with Crippen molar-refractivity contribution in [1.82, 2.24) is 5.32 Å². The van der Waals surface area contributed by atoms with Gasteiger partial charge in [0, 0.05) is 23.7 Å². The molecule has 114 valence electrons. The fourth-order valence-electron chi connectivity index (χ4n) is 1.90. The lowest BCUT2D eigenvalue weighted by Crippen LogP contribution is -2.32. The van der Waals surface area contributed by atoms with Gasteiger partial charge in [0.1, 0.15) is 0 Å². The number of hydrogen-bond donors (Lipinski definition) is 1.